The summed E-state index contributed by atoms with van der Waals surface area (Å²) in [6, 6.07) is 0. The van der Waals surface area contributed by atoms with Gasteiger partial charge >= 0.3 is 0 Å². The van der Waals surface area contributed by atoms with Crippen LogP contribution < -0.4 is 0 Å². The molecule has 1 aliphatic heterocycles. The highest BCUT2D eigenvalue weighted by atomic mass is 16.1. The van der Waals surface area contributed by atoms with Crippen LogP contribution in [0.3, 0.4) is 0 Å². The van der Waals surface area contributed by atoms with Gasteiger partial charge in [0.15, 0.2) is 6.19 Å². The normalized spacial score (nSPS) is 33.8. The number of hydrogen-bond acceptors (Lipinski definition) is 3. The number of nitriles is 1. The molecule has 1 heterocycles. The van der Waals surface area contributed by atoms with Crippen LogP contribution in [0.1, 0.15) is 25.7 Å². The second-order valence-electron chi connectivity index (χ2n) is 4.14. The van der Waals surface area contributed by atoms with E-state index in [0.29, 0.717) is 17.6 Å². The molecular formula is C10H14N2O. The Morgan fingerprint density at radius 1 is 1.38 bits per heavy atom. The summed E-state index contributed by atoms with van der Waals surface area (Å²) < 4.78 is 0. The highest BCUT2D eigenvalue weighted by Gasteiger charge is 2.33. The Bertz CT molecular complexity index is 256. The number of ketones is 1. The van der Waals surface area contributed by atoms with Crippen LogP contribution in [-0.2, 0) is 4.79 Å². The molecule has 0 amide bonds. The van der Waals surface area contributed by atoms with E-state index in [1.807, 2.05) is 4.90 Å². The molecule has 0 radical (unpaired) electrons. The van der Waals surface area contributed by atoms with E-state index in [0.717, 1.165) is 38.8 Å². The van der Waals surface area contributed by atoms with E-state index in [2.05, 4.69) is 6.19 Å². The highest BCUT2D eigenvalue weighted by Crippen LogP contribution is 2.34. The maximum atomic E-state index is 11.2. The van der Waals surface area contributed by atoms with Gasteiger partial charge in [-0.3, -0.25) is 4.79 Å². The summed E-state index contributed by atoms with van der Waals surface area (Å²) in [6.45, 7) is 1.74. The molecule has 3 nitrogen and oxygen atoms in total. The lowest BCUT2D eigenvalue weighted by atomic mass is 9.75. The Balaban J connectivity index is 1.98. The molecule has 0 aromatic rings. The molecule has 1 aliphatic carbocycles. The molecule has 13 heavy (non-hydrogen) atoms. The predicted octanol–water partition coefficient (Wildman–Crippen LogP) is 1.16. The van der Waals surface area contributed by atoms with Gasteiger partial charge < -0.3 is 4.90 Å². The molecule has 2 rings (SSSR count). The van der Waals surface area contributed by atoms with Crippen LogP contribution in [0.2, 0.25) is 0 Å². The first-order valence-corrected chi connectivity index (χ1v) is 4.96. The van der Waals surface area contributed by atoms with Gasteiger partial charge in [-0.1, -0.05) is 0 Å². The Labute approximate surface area is 78.3 Å². The van der Waals surface area contributed by atoms with E-state index < -0.39 is 0 Å². The molecule has 2 fully saturated rings. The molecule has 1 saturated heterocycles. The predicted molar refractivity (Wildman–Crippen MR) is 47.6 cm³/mol. The lowest BCUT2D eigenvalue weighted by Gasteiger charge is -2.38. The molecule has 2 aliphatic rings. The van der Waals surface area contributed by atoms with Crippen molar-refractivity contribution >= 4 is 5.78 Å². The summed E-state index contributed by atoms with van der Waals surface area (Å²) in [5.74, 6) is 1.60. The van der Waals surface area contributed by atoms with Gasteiger partial charge in [0, 0.05) is 25.9 Å². The first kappa shape index (κ1) is 8.55. The maximum Gasteiger partial charge on any atom is 0.179 e. The van der Waals surface area contributed by atoms with Crippen molar-refractivity contribution in [3.63, 3.8) is 0 Å². The average molecular weight is 178 g/mol. The number of carbonyl (C=O) groups excluding carboxylic acids is 1. The van der Waals surface area contributed by atoms with Crippen molar-refractivity contribution < 1.29 is 4.79 Å². The van der Waals surface area contributed by atoms with E-state index in [9.17, 15) is 4.79 Å². The second-order valence-corrected chi connectivity index (χ2v) is 4.14. The zero-order valence-electron chi connectivity index (χ0n) is 7.70. The second kappa shape index (κ2) is 3.37. The third kappa shape index (κ3) is 1.67. The largest absolute Gasteiger partial charge is 0.310 e. The Morgan fingerprint density at radius 2 is 2.23 bits per heavy atom. The zero-order chi connectivity index (χ0) is 9.26. The minimum absolute atomic E-state index is 0.423. The molecule has 0 unspecified atom stereocenters. The smallest absolute Gasteiger partial charge is 0.179 e. The molecule has 0 spiro atoms. The average Bonchev–Trinajstić information content (AvgIpc) is 2.17. The molecule has 1 saturated carbocycles. The lowest BCUT2D eigenvalue weighted by Crippen LogP contribution is -2.40. The van der Waals surface area contributed by atoms with Crippen LogP contribution in [0.15, 0.2) is 0 Å². The Hall–Kier alpha value is -1.04. The van der Waals surface area contributed by atoms with Gasteiger partial charge in [0.25, 0.3) is 0 Å². The Kier molecular flexibility index (Phi) is 2.22. The number of piperidine rings is 1. The van der Waals surface area contributed by atoms with E-state index in [1.54, 1.807) is 0 Å². The summed E-state index contributed by atoms with van der Waals surface area (Å²) in [4.78, 5) is 13.0. The van der Waals surface area contributed by atoms with Crippen molar-refractivity contribution in [2.75, 3.05) is 13.1 Å². The fraction of sp³-hybridized carbons (Fsp3) is 0.800. The van der Waals surface area contributed by atoms with Gasteiger partial charge in [-0.15, -0.1) is 0 Å². The highest BCUT2D eigenvalue weighted by molar-refractivity contribution is 5.79. The van der Waals surface area contributed by atoms with Crippen LogP contribution in [0.4, 0.5) is 0 Å². The van der Waals surface area contributed by atoms with Crippen LogP contribution >= 0.6 is 0 Å². The number of rotatable bonds is 0. The minimum atomic E-state index is 0.423. The topological polar surface area (TPSA) is 44.1 Å². The van der Waals surface area contributed by atoms with E-state index in [4.69, 9.17) is 5.26 Å². The van der Waals surface area contributed by atoms with Gasteiger partial charge in [-0.25, -0.2) is 0 Å². The van der Waals surface area contributed by atoms with E-state index in [1.165, 1.54) is 0 Å². The zero-order valence-corrected chi connectivity index (χ0v) is 7.70. The molecule has 70 valence electrons. The van der Waals surface area contributed by atoms with Crippen LogP contribution in [0.5, 0.6) is 0 Å². The molecular weight excluding hydrogens is 164 g/mol. The van der Waals surface area contributed by atoms with Crippen molar-refractivity contribution in [1.29, 1.82) is 5.26 Å². The number of Topliss-reactive ketones (excluding diaryl/α,β-unsaturated/α-hetero) is 1. The van der Waals surface area contributed by atoms with Crippen molar-refractivity contribution in [3.05, 3.63) is 0 Å². The Morgan fingerprint density at radius 3 is 3.00 bits per heavy atom. The van der Waals surface area contributed by atoms with Gasteiger partial charge in [-0.05, 0) is 24.7 Å². The van der Waals surface area contributed by atoms with Crippen molar-refractivity contribution in [3.8, 4) is 6.19 Å². The molecule has 0 aromatic carbocycles. The van der Waals surface area contributed by atoms with Crippen molar-refractivity contribution in [2.45, 2.75) is 25.7 Å². The number of likely N-dealkylation sites (tertiary alicyclic amines) is 1. The monoisotopic (exact) mass is 178 g/mol. The van der Waals surface area contributed by atoms with Gasteiger partial charge in [-0.2, -0.15) is 5.26 Å². The third-order valence-corrected chi connectivity index (χ3v) is 3.32. The summed E-state index contributed by atoms with van der Waals surface area (Å²) in [5, 5.41) is 8.74. The van der Waals surface area contributed by atoms with E-state index >= 15 is 0 Å². The summed E-state index contributed by atoms with van der Waals surface area (Å²) in [5.41, 5.74) is 0. The standard InChI is InChI=1S/C10H14N2O/c11-7-12-4-3-8-5-10(13)2-1-9(8)6-12/h8-9H,1-6H2/t8-,9+/m0/s1. The summed E-state index contributed by atoms with van der Waals surface area (Å²) in [6.07, 6.45) is 5.73. The number of nitrogens with zero attached hydrogens (tertiary/aromatic N) is 2. The summed E-state index contributed by atoms with van der Waals surface area (Å²) >= 11 is 0. The fourth-order valence-corrected chi connectivity index (χ4v) is 2.51. The van der Waals surface area contributed by atoms with Crippen molar-refractivity contribution in [1.82, 2.24) is 4.90 Å². The first-order valence-electron chi connectivity index (χ1n) is 4.96. The quantitative estimate of drug-likeness (QED) is 0.523. The SMILES string of the molecule is N#CN1CC[C@H]2CC(=O)CC[C@@H]2C1. The first-order chi connectivity index (χ1) is 6.29. The summed E-state index contributed by atoms with van der Waals surface area (Å²) in [7, 11) is 0. The van der Waals surface area contributed by atoms with Gasteiger partial charge in [0.05, 0.1) is 0 Å². The lowest BCUT2D eigenvalue weighted by molar-refractivity contribution is -0.123. The minimum Gasteiger partial charge on any atom is -0.310 e. The van der Waals surface area contributed by atoms with Crippen LogP contribution in [0.25, 0.3) is 0 Å². The van der Waals surface area contributed by atoms with Gasteiger partial charge in [0.2, 0.25) is 0 Å². The molecule has 0 aromatic heterocycles. The number of carbonyl (C=O) groups is 1. The van der Waals surface area contributed by atoms with Crippen molar-refractivity contribution in [2.24, 2.45) is 11.8 Å². The number of fused-ring (bicyclic) bond motifs is 1. The fourth-order valence-electron chi connectivity index (χ4n) is 2.51. The van der Waals surface area contributed by atoms with Crippen LogP contribution in [0, 0.1) is 23.3 Å². The molecule has 3 heteroatoms. The molecule has 2 atom stereocenters. The number of hydrogen-bond donors (Lipinski definition) is 0. The molecule has 0 bridgehead atoms. The molecule has 0 N–H and O–H groups in total. The maximum absolute atomic E-state index is 11.2. The third-order valence-electron chi connectivity index (χ3n) is 3.32. The van der Waals surface area contributed by atoms with E-state index in [-0.39, 0.29) is 0 Å². The van der Waals surface area contributed by atoms with Crippen LogP contribution in [-0.4, -0.2) is 23.8 Å². The van der Waals surface area contributed by atoms with Gasteiger partial charge in [0.1, 0.15) is 5.78 Å².